The summed E-state index contributed by atoms with van der Waals surface area (Å²) in [5.41, 5.74) is -1.16. The van der Waals surface area contributed by atoms with Gasteiger partial charge in [0.1, 0.15) is 11.6 Å². The summed E-state index contributed by atoms with van der Waals surface area (Å²) in [4.78, 5) is 24.6. The molecule has 58 heavy (non-hydrogen) atoms. The Bertz CT molecular complexity index is 2640. The first-order valence-electron chi connectivity index (χ1n) is 16.9. The van der Waals surface area contributed by atoms with Gasteiger partial charge in [0, 0.05) is 74.8 Å². The molecule has 6 rings (SSSR count). The molecule has 0 bridgehead atoms. The van der Waals surface area contributed by atoms with E-state index in [2.05, 4.69) is 76.0 Å². The maximum Gasteiger partial charge on any atom is 0.359 e. The fraction of sp³-hybridized carbons (Fsp3) is 0.353. The number of halogens is 4. The van der Waals surface area contributed by atoms with Crippen LogP contribution in [0.2, 0.25) is 5.02 Å². The molecule has 18 nitrogen and oxygen atoms in total. The fourth-order valence-corrected chi connectivity index (χ4v) is 10.1. The Hall–Kier alpha value is -4.92. The van der Waals surface area contributed by atoms with Gasteiger partial charge in [-0.1, -0.05) is 32.2 Å². The summed E-state index contributed by atoms with van der Waals surface area (Å²) in [6.45, 7) is 2.09. The molecule has 4 atom stereocenters. The number of nitrogens with one attached hydrogen (secondary N) is 2. The molecular formula is C34H30ClF2IN8O10S2. The van der Waals surface area contributed by atoms with Gasteiger partial charge in [0.25, 0.3) is 11.8 Å². The van der Waals surface area contributed by atoms with Gasteiger partial charge in [-0.15, -0.1) is 0 Å². The molecule has 4 N–H and O–H groups in total. The number of rotatable bonds is 9. The van der Waals surface area contributed by atoms with Crippen molar-refractivity contribution in [1.82, 2.24) is 38.8 Å². The van der Waals surface area contributed by atoms with E-state index in [1.54, 1.807) is 0 Å². The van der Waals surface area contributed by atoms with Gasteiger partial charge < -0.3 is 24.6 Å². The van der Waals surface area contributed by atoms with Gasteiger partial charge in [-0.05, 0) is 76.2 Å². The molecule has 2 aliphatic heterocycles. The van der Waals surface area contributed by atoms with Crippen LogP contribution in [0.25, 0.3) is 0 Å². The van der Waals surface area contributed by atoms with Crippen molar-refractivity contribution in [3.05, 3.63) is 69.0 Å². The zero-order chi connectivity index (χ0) is 42.1. The highest BCUT2D eigenvalue weighted by Crippen LogP contribution is 2.36. The van der Waals surface area contributed by atoms with Crippen molar-refractivity contribution < 1.29 is 54.9 Å². The maximum atomic E-state index is 15.1. The van der Waals surface area contributed by atoms with Crippen LogP contribution in [-0.4, -0.2) is 121 Å². The number of H-pyrrole nitrogens is 2. The highest BCUT2D eigenvalue weighted by Gasteiger charge is 2.43. The fourth-order valence-electron chi connectivity index (χ4n) is 6.42. The van der Waals surface area contributed by atoms with Gasteiger partial charge in [0.15, 0.2) is 11.6 Å². The first kappa shape index (κ1) is 42.7. The third-order valence-corrected chi connectivity index (χ3v) is 14.6. The number of likely N-dealkylation sites (N-methyl/N-ethyl adjacent to an activating group) is 1. The highest BCUT2D eigenvalue weighted by atomic mass is 127. The molecule has 24 heteroatoms. The lowest BCUT2D eigenvalue weighted by atomic mass is 9.90. The maximum absolute atomic E-state index is 15.1. The number of carboxylic acid groups (broad SMARTS) is 2. The van der Waals surface area contributed by atoms with Gasteiger partial charge >= 0.3 is 11.9 Å². The number of ether oxygens (including phenoxy) is 2. The second-order valence-electron chi connectivity index (χ2n) is 13.2. The van der Waals surface area contributed by atoms with Crippen molar-refractivity contribution in [2.75, 3.05) is 20.1 Å². The minimum absolute atomic E-state index is 0.0162. The van der Waals surface area contributed by atoms with E-state index in [-0.39, 0.29) is 48.1 Å². The predicted octanol–water partition coefficient (Wildman–Crippen LogP) is 3.94. The van der Waals surface area contributed by atoms with Crippen LogP contribution in [0.4, 0.5) is 8.78 Å². The number of sulfone groups is 2. The summed E-state index contributed by atoms with van der Waals surface area (Å²) in [6, 6.07) is 3.68. The third-order valence-electron chi connectivity index (χ3n) is 9.63. The van der Waals surface area contributed by atoms with Crippen molar-refractivity contribution in [3.8, 4) is 45.6 Å². The molecule has 2 aromatic heterocycles. The van der Waals surface area contributed by atoms with E-state index in [4.69, 9.17) is 21.1 Å². The second kappa shape index (κ2) is 17.1. The van der Waals surface area contributed by atoms with Crippen molar-refractivity contribution in [3.63, 3.8) is 0 Å². The monoisotopic (exact) mass is 974 g/mol. The zero-order valence-electron chi connectivity index (χ0n) is 30.0. The molecule has 0 amide bonds. The van der Waals surface area contributed by atoms with Crippen LogP contribution in [0.5, 0.6) is 23.3 Å². The number of aromatic carboxylic acids is 2. The molecule has 4 heterocycles. The van der Waals surface area contributed by atoms with Crippen molar-refractivity contribution in [2.45, 2.75) is 55.2 Å². The first-order valence-corrected chi connectivity index (χ1v) is 21.4. The van der Waals surface area contributed by atoms with E-state index >= 15 is 4.39 Å². The van der Waals surface area contributed by atoms with Crippen LogP contribution in [0, 0.1) is 40.9 Å². The van der Waals surface area contributed by atoms with Crippen LogP contribution < -0.4 is 9.47 Å². The van der Waals surface area contributed by atoms with Gasteiger partial charge in [0.2, 0.25) is 31.1 Å². The quantitative estimate of drug-likeness (QED) is 0.105. The Balaban J connectivity index is 1.17. The number of hydrogen-bond donors (Lipinski definition) is 4. The molecule has 0 radical (unpaired) electrons. The van der Waals surface area contributed by atoms with Gasteiger partial charge in [0.05, 0.1) is 15.5 Å². The third kappa shape index (κ3) is 9.19. The topological polar surface area (TPSA) is 251 Å². The lowest BCUT2D eigenvalue weighted by Gasteiger charge is -2.46. The van der Waals surface area contributed by atoms with Crippen molar-refractivity contribution in [2.24, 2.45) is 0 Å². The molecule has 2 aliphatic rings. The number of benzene rings is 2. The lowest BCUT2D eigenvalue weighted by molar-refractivity contribution is 0.0676. The van der Waals surface area contributed by atoms with Crippen LogP contribution in [-0.2, 0) is 19.7 Å². The van der Waals surface area contributed by atoms with Gasteiger partial charge in [-0.2, -0.15) is 0 Å². The SMILES string of the molecule is Cc1c(F)cc(Oc2nn[nH]c2C(=O)O)cc1C#CS(=O)(=O)C1CCN(C)C(C2CC(S(=O)(=O)C#Cc3ccc(Oc4nn[nH]c4C(=O)O)c(F)c3Cl)CCN2I)C1. The molecule has 2 fully saturated rings. The minimum atomic E-state index is -4.13. The van der Waals surface area contributed by atoms with E-state index in [1.165, 1.54) is 19.1 Å². The van der Waals surface area contributed by atoms with Gasteiger partial charge in [-0.25, -0.2) is 48.5 Å². The predicted molar refractivity (Wildman–Crippen MR) is 208 cm³/mol. The van der Waals surface area contributed by atoms with Crippen LogP contribution in [0.1, 0.15) is 63.4 Å². The summed E-state index contributed by atoms with van der Waals surface area (Å²) in [5.74, 6) is -1.47. The Morgan fingerprint density at radius 1 is 0.879 bits per heavy atom. The van der Waals surface area contributed by atoms with Crippen LogP contribution in [0.3, 0.4) is 0 Å². The number of nitrogens with zero attached hydrogens (tertiary/aromatic N) is 6. The van der Waals surface area contributed by atoms with Crippen molar-refractivity contribution in [1.29, 1.82) is 0 Å². The lowest BCUT2D eigenvalue weighted by Crippen LogP contribution is -2.56. The molecule has 4 aromatic rings. The second-order valence-corrected chi connectivity index (χ2v) is 18.7. The smallest absolute Gasteiger partial charge is 0.359 e. The molecular weight excluding hydrogens is 945 g/mol. The molecule has 306 valence electrons. The average Bonchev–Trinajstić information content (AvgIpc) is 3.84. The Kier molecular flexibility index (Phi) is 12.6. The summed E-state index contributed by atoms with van der Waals surface area (Å²) in [5, 5.41) is 38.5. The molecule has 0 spiro atoms. The van der Waals surface area contributed by atoms with E-state index in [0.29, 0.717) is 13.1 Å². The van der Waals surface area contributed by atoms with Crippen molar-refractivity contribution >= 4 is 66.1 Å². The zero-order valence-corrected chi connectivity index (χ0v) is 34.6. The number of hydrogen-bond acceptors (Lipinski definition) is 14. The normalized spacial score (nSPS) is 20.3. The van der Waals surface area contributed by atoms with Crippen LogP contribution >= 0.6 is 34.5 Å². The summed E-state index contributed by atoms with van der Waals surface area (Å²) in [7, 11) is -6.44. The van der Waals surface area contributed by atoms with E-state index in [0.717, 1.165) is 12.1 Å². The molecule has 0 aliphatic carbocycles. The number of likely N-dealkylation sites (tertiary alicyclic amines) is 1. The minimum Gasteiger partial charge on any atom is -0.476 e. The van der Waals surface area contributed by atoms with E-state index < -0.39 is 99.8 Å². The summed E-state index contributed by atoms with van der Waals surface area (Å²) >= 11 is 8.25. The summed E-state index contributed by atoms with van der Waals surface area (Å²) in [6.07, 6.45) is 0.659. The van der Waals surface area contributed by atoms with Crippen LogP contribution in [0.15, 0.2) is 24.3 Å². The first-order chi connectivity index (χ1) is 27.4. The Morgan fingerprint density at radius 3 is 2.03 bits per heavy atom. The summed E-state index contributed by atoms with van der Waals surface area (Å²) < 4.78 is 97.0. The Morgan fingerprint density at radius 2 is 1.43 bits per heavy atom. The highest BCUT2D eigenvalue weighted by molar-refractivity contribution is 14.1. The number of carboxylic acids is 2. The number of piperidine rings is 2. The number of aromatic amines is 2. The number of aromatic nitrogens is 6. The standard InChI is InChI=1S/C34H30ClF2IN8O10S2/c1-17-19(13-20(14-23(17)36)55-31-29(33(47)48)39-43-41-31)8-12-58(53,54)21-5-9-45(2)24(15-21)25-16-22(6-10-46(25)38)57(51,52)11-7-18-3-4-26(28(37)27(18)35)56-32-30(34(49)50)40-44-42-32/h3-4,13-14,21-22,24-25H,5-6,9-10,15-16H2,1-2H3,(H,47,48)(H,49,50)(H,39,41,43)(H,40,42,44). The molecule has 4 unspecified atom stereocenters. The molecule has 0 saturated carbocycles. The number of carbonyl (C=O) groups is 2. The average molecular weight is 975 g/mol. The molecule has 2 saturated heterocycles. The Labute approximate surface area is 347 Å². The largest absolute Gasteiger partial charge is 0.476 e. The van der Waals surface area contributed by atoms with E-state index in [1.807, 2.05) is 15.1 Å². The molecule has 2 aromatic carbocycles. The van der Waals surface area contributed by atoms with Gasteiger partial charge in [-0.3, -0.25) is 0 Å². The van der Waals surface area contributed by atoms with E-state index in [9.17, 15) is 41.0 Å².